The first-order valence-corrected chi connectivity index (χ1v) is 10.5. The van der Waals surface area contributed by atoms with E-state index in [1.807, 2.05) is 22.9 Å². The van der Waals surface area contributed by atoms with E-state index in [-0.39, 0.29) is 0 Å². The smallest absolute Gasteiger partial charge is 0.340 e. The van der Waals surface area contributed by atoms with E-state index in [1.54, 1.807) is 0 Å². The van der Waals surface area contributed by atoms with E-state index in [0.717, 1.165) is 28.2 Å². The molecule has 0 unspecified atom stereocenters. The van der Waals surface area contributed by atoms with Gasteiger partial charge in [0.2, 0.25) is 5.91 Å². The van der Waals surface area contributed by atoms with Gasteiger partial charge < -0.3 is 10.1 Å². The molecule has 3 aromatic heterocycles. The molecule has 0 saturated carbocycles. The molecule has 1 N–H and O–H groups in total. The molecule has 31 heavy (non-hydrogen) atoms. The normalized spacial score (nSPS) is 10.9. The highest BCUT2D eigenvalue weighted by molar-refractivity contribution is 7.18. The molecule has 1 aromatic carbocycles. The van der Waals surface area contributed by atoms with Gasteiger partial charge in [0.05, 0.1) is 30.1 Å². The standard InChI is InChI=1S/C20H13F2N3O4S2/c1-29-20(28)10-5-14(13(22)6-12(10)21)24-16(26)7-25-9-23-18-17(19(25)27)11(8-31-18)15-3-2-4-30-15/h2-6,8-9H,7H2,1H3,(H,24,26). The lowest BCUT2D eigenvalue weighted by Crippen LogP contribution is -2.28. The maximum atomic E-state index is 14.1. The van der Waals surface area contributed by atoms with Crippen LogP contribution in [0.2, 0.25) is 0 Å². The van der Waals surface area contributed by atoms with Gasteiger partial charge in [-0.25, -0.2) is 18.6 Å². The van der Waals surface area contributed by atoms with Gasteiger partial charge in [-0.05, 0) is 17.5 Å². The van der Waals surface area contributed by atoms with E-state index in [4.69, 9.17) is 0 Å². The van der Waals surface area contributed by atoms with E-state index in [0.29, 0.717) is 16.3 Å². The predicted octanol–water partition coefficient (Wildman–Crippen LogP) is 3.89. The van der Waals surface area contributed by atoms with Crippen molar-refractivity contribution in [2.24, 2.45) is 0 Å². The number of nitrogens with zero attached hydrogens (tertiary/aromatic N) is 2. The molecule has 0 aliphatic rings. The molecule has 158 valence electrons. The number of hydrogen-bond donors (Lipinski definition) is 1. The Morgan fingerprint density at radius 1 is 1.23 bits per heavy atom. The zero-order valence-corrected chi connectivity index (χ0v) is 17.5. The van der Waals surface area contributed by atoms with Crippen LogP contribution in [0.4, 0.5) is 14.5 Å². The fourth-order valence-electron chi connectivity index (χ4n) is 2.95. The number of nitrogens with one attached hydrogen (secondary N) is 1. The minimum absolute atomic E-state index is 0.392. The maximum Gasteiger partial charge on any atom is 0.340 e. The van der Waals surface area contributed by atoms with Crippen molar-refractivity contribution in [3.8, 4) is 10.4 Å². The van der Waals surface area contributed by atoms with Gasteiger partial charge in [-0.3, -0.25) is 14.2 Å². The summed E-state index contributed by atoms with van der Waals surface area (Å²) < 4.78 is 33.4. The van der Waals surface area contributed by atoms with Crippen LogP contribution in [0.15, 0.2) is 46.1 Å². The Balaban J connectivity index is 1.63. The molecule has 11 heteroatoms. The molecule has 0 radical (unpaired) electrons. The third-order valence-corrected chi connectivity index (χ3v) is 6.19. The fraction of sp³-hybridized carbons (Fsp3) is 0.100. The van der Waals surface area contributed by atoms with Gasteiger partial charge in [-0.2, -0.15) is 0 Å². The van der Waals surface area contributed by atoms with Crippen LogP contribution in [0.25, 0.3) is 20.7 Å². The number of anilines is 1. The Morgan fingerprint density at radius 2 is 2.03 bits per heavy atom. The van der Waals surface area contributed by atoms with Crippen LogP contribution in [0.3, 0.4) is 0 Å². The summed E-state index contributed by atoms with van der Waals surface area (Å²) in [6, 6.07) is 5.06. The summed E-state index contributed by atoms with van der Waals surface area (Å²) in [5, 5.41) is 6.36. The van der Waals surface area contributed by atoms with Crippen molar-refractivity contribution < 1.29 is 23.1 Å². The van der Waals surface area contributed by atoms with Crippen molar-refractivity contribution in [3.05, 3.63) is 68.9 Å². The quantitative estimate of drug-likeness (QED) is 0.456. The van der Waals surface area contributed by atoms with E-state index in [1.165, 1.54) is 29.0 Å². The lowest BCUT2D eigenvalue weighted by Gasteiger charge is -2.10. The summed E-state index contributed by atoms with van der Waals surface area (Å²) >= 11 is 2.79. The van der Waals surface area contributed by atoms with Gasteiger partial charge >= 0.3 is 5.97 Å². The SMILES string of the molecule is COC(=O)c1cc(NC(=O)Cn2cnc3scc(-c4cccs4)c3c2=O)c(F)cc1F. The fourth-order valence-corrected chi connectivity index (χ4v) is 4.67. The number of fused-ring (bicyclic) bond motifs is 1. The monoisotopic (exact) mass is 461 g/mol. The van der Waals surface area contributed by atoms with E-state index in [9.17, 15) is 23.2 Å². The number of thiophene rings is 2. The van der Waals surface area contributed by atoms with Crippen molar-refractivity contribution in [2.45, 2.75) is 6.54 Å². The molecule has 0 saturated heterocycles. The van der Waals surface area contributed by atoms with Crippen molar-refractivity contribution in [2.75, 3.05) is 12.4 Å². The van der Waals surface area contributed by atoms with E-state index < -0.39 is 46.9 Å². The summed E-state index contributed by atoms with van der Waals surface area (Å²) in [5.41, 5.74) is -0.629. The number of amides is 1. The number of carbonyl (C=O) groups excluding carboxylic acids is 2. The highest BCUT2D eigenvalue weighted by Crippen LogP contribution is 2.33. The molecule has 0 atom stereocenters. The summed E-state index contributed by atoms with van der Waals surface area (Å²) in [7, 11) is 1.05. The van der Waals surface area contributed by atoms with Crippen molar-refractivity contribution in [1.82, 2.24) is 9.55 Å². The summed E-state index contributed by atoms with van der Waals surface area (Å²) in [5.74, 6) is -3.96. The molecule has 4 rings (SSSR count). The van der Waals surface area contributed by atoms with Crippen LogP contribution in [-0.4, -0.2) is 28.5 Å². The van der Waals surface area contributed by atoms with Crippen LogP contribution in [0.1, 0.15) is 10.4 Å². The second-order valence-electron chi connectivity index (χ2n) is 6.34. The molecular formula is C20H13F2N3O4S2. The van der Waals surface area contributed by atoms with Gasteiger partial charge in [0.25, 0.3) is 5.56 Å². The molecule has 3 heterocycles. The first-order chi connectivity index (χ1) is 14.9. The molecule has 0 spiro atoms. The molecule has 7 nitrogen and oxygen atoms in total. The molecule has 0 aliphatic carbocycles. The summed E-state index contributed by atoms with van der Waals surface area (Å²) in [4.78, 5) is 42.7. The topological polar surface area (TPSA) is 90.3 Å². The lowest BCUT2D eigenvalue weighted by atomic mass is 10.1. The number of halogens is 2. The molecule has 1 amide bonds. The third kappa shape index (κ3) is 3.97. The summed E-state index contributed by atoms with van der Waals surface area (Å²) in [6.07, 6.45) is 1.24. The molecule has 4 aromatic rings. The van der Waals surface area contributed by atoms with Crippen LogP contribution >= 0.6 is 22.7 Å². The van der Waals surface area contributed by atoms with Crippen LogP contribution in [0.5, 0.6) is 0 Å². The largest absolute Gasteiger partial charge is 0.465 e. The first-order valence-electron chi connectivity index (χ1n) is 8.76. The van der Waals surface area contributed by atoms with Gasteiger partial charge in [0.15, 0.2) is 0 Å². The average molecular weight is 461 g/mol. The molecular weight excluding hydrogens is 448 g/mol. The van der Waals surface area contributed by atoms with Gasteiger partial charge in [-0.1, -0.05) is 6.07 Å². The van der Waals surface area contributed by atoms with Crippen molar-refractivity contribution >= 4 is 50.5 Å². The Hall–Kier alpha value is -3.44. The Kier molecular flexibility index (Phi) is 5.61. The number of methoxy groups -OCH3 is 1. The molecule has 0 aliphatic heterocycles. The number of esters is 1. The predicted molar refractivity (Wildman–Crippen MR) is 114 cm³/mol. The van der Waals surface area contributed by atoms with Gasteiger partial charge in [-0.15, -0.1) is 22.7 Å². The third-order valence-electron chi connectivity index (χ3n) is 4.40. The van der Waals surface area contributed by atoms with Gasteiger partial charge in [0.1, 0.15) is 23.0 Å². The van der Waals surface area contributed by atoms with Crippen LogP contribution in [-0.2, 0) is 16.1 Å². The number of carbonyl (C=O) groups is 2. The zero-order valence-electron chi connectivity index (χ0n) is 15.8. The van der Waals surface area contributed by atoms with Crippen molar-refractivity contribution in [3.63, 3.8) is 0 Å². The second kappa shape index (κ2) is 8.36. The lowest BCUT2D eigenvalue weighted by molar-refractivity contribution is -0.116. The Bertz CT molecular complexity index is 1360. The van der Waals surface area contributed by atoms with Gasteiger partial charge in [0, 0.05) is 21.9 Å². The second-order valence-corrected chi connectivity index (χ2v) is 8.14. The first kappa shape index (κ1) is 20.8. The summed E-state index contributed by atoms with van der Waals surface area (Å²) in [6.45, 7) is -0.453. The number of rotatable bonds is 5. The zero-order chi connectivity index (χ0) is 22.1. The number of ether oxygens (including phenoxy) is 1. The minimum atomic E-state index is -1.12. The van der Waals surface area contributed by atoms with Crippen LogP contribution < -0.4 is 10.9 Å². The number of benzene rings is 1. The molecule has 0 fully saturated rings. The number of aromatic nitrogens is 2. The van der Waals surface area contributed by atoms with E-state index >= 15 is 0 Å². The van der Waals surface area contributed by atoms with Crippen molar-refractivity contribution in [1.29, 1.82) is 0 Å². The maximum absolute atomic E-state index is 14.1. The Morgan fingerprint density at radius 3 is 2.74 bits per heavy atom. The molecule has 0 bridgehead atoms. The Labute approximate surface area is 181 Å². The highest BCUT2D eigenvalue weighted by atomic mass is 32.1. The number of hydrogen-bond acceptors (Lipinski definition) is 7. The average Bonchev–Trinajstić information content (AvgIpc) is 3.41. The van der Waals surface area contributed by atoms with E-state index in [2.05, 4.69) is 15.0 Å². The highest BCUT2D eigenvalue weighted by Gasteiger charge is 2.19. The minimum Gasteiger partial charge on any atom is -0.465 e. The van der Waals surface area contributed by atoms with Crippen LogP contribution in [0, 0.1) is 11.6 Å².